The smallest absolute Gasteiger partial charge is 0.0555 e. The van der Waals surface area contributed by atoms with Crippen molar-refractivity contribution < 1.29 is 10.2 Å². The predicted molar refractivity (Wildman–Crippen MR) is 69.7 cm³/mol. The van der Waals surface area contributed by atoms with Gasteiger partial charge in [0.25, 0.3) is 0 Å². The van der Waals surface area contributed by atoms with Crippen LogP contribution in [0.1, 0.15) is 39.5 Å². The molecule has 0 unspecified atom stereocenters. The highest BCUT2D eigenvalue weighted by molar-refractivity contribution is 4.43. The largest absolute Gasteiger partial charge is 0.395 e. The lowest BCUT2D eigenvalue weighted by atomic mass is 10.3. The van der Waals surface area contributed by atoms with Crippen molar-refractivity contribution in [2.75, 3.05) is 39.4 Å². The summed E-state index contributed by atoms with van der Waals surface area (Å²) in [6, 6.07) is 0. The zero-order chi connectivity index (χ0) is 12.5. The van der Waals surface area contributed by atoms with E-state index in [-0.39, 0.29) is 13.2 Å². The topological polar surface area (TPSA) is 64.5 Å². The van der Waals surface area contributed by atoms with Crippen molar-refractivity contribution in [3.8, 4) is 0 Å². The van der Waals surface area contributed by atoms with Gasteiger partial charge < -0.3 is 20.8 Å². The highest BCUT2D eigenvalue weighted by Gasteiger charge is 1.81. The maximum absolute atomic E-state index is 8.30. The standard InChI is InChI=1S/2C6H15NO/c2*1-2-3-4-7-5-6-8/h2*7-8H,2-6H2,1H3. The summed E-state index contributed by atoms with van der Waals surface area (Å²) in [6.45, 7) is 8.36. The molecule has 0 radical (unpaired) electrons. The van der Waals surface area contributed by atoms with Gasteiger partial charge in [0.05, 0.1) is 13.2 Å². The van der Waals surface area contributed by atoms with Crippen molar-refractivity contribution in [1.29, 1.82) is 0 Å². The van der Waals surface area contributed by atoms with E-state index >= 15 is 0 Å². The van der Waals surface area contributed by atoms with E-state index in [1.807, 2.05) is 0 Å². The molecule has 0 fully saturated rings. The van der Waals surface area contributed by atoms with E-state index in [9.17, 15) is 0 Å². The molecular weight excluding hydrogens is 204 g/mol. The molecule has 100 valence electrons. The lowest BCUT2D eigenvalue weighted by Gasteiger charge is -1.97. The SMILES string of the molecule is CCCCNCCO.CCCCNCCO. The first-order chi connectivity index (χ1) is 7.83. The maximum atomic E-state index is 8.30. The minimum atomic E-state index is 0.254. The molecule has 0 bridgehead atoms. The summed E-state index contributed by atoms with van der Waals surface area (Å²) in [5.74, 6) is 0. The molecule has 4 nitrogen and oxygen atoms in total. The fourth-order valence-corrected chi connectivity index (χ4v) is 1.01. The first kappa shape index (κ1) is 18.2. The molecule has 0 aliphatic heterocycles. The number of hydrogen-bond donors (Lipinski definition) is 4. The molecule has 0 amide bonds. The fourth-order valence-electron chi connectivity index (χ4n) is 1.01. The maximum Gasteiger partial charge on any atom is 0.0555 e. The van der Waals surface area contributed by atoms with Crippen LogP contribution in [-0.4, -0.2) is 49.6 Å². The van der Waals surface area contributed by atoms with Crippen molar-refractivity contribution in [1.82, 2.24) is 10.6 Å². The van der Waals surface area contributed by atoms with Crippen LogP contribution in [0, 0.1) is 0 Å². The zero-order valence-corrected chi connectivity index (χ0v) is 11.0. The van der Waals surface area contributed by atoms with Gasteiger partial charge >= 0.3 is 0 Å². The Morgan fingerprint density at radius 3 is 1.31 bits per heavy atom. The van der Waals surface area contributed by atoms with Crippen molar-refractivity contribution in [3.63, 3.8) is 0 Å². The van der Waals surface area contributed by atoms with Crippen molar-refractivity contribution in [3.05, 3.63) is 0 Å². The number of nitrogens with one attached hydrogen (secondary N) is 2. The molecule has 0 aromatic carbocycles. The van der Waals surface area contributed by atoms with Gasteiger partial charge in [-0.15, -0.1) is 0 Å². The minimum absolute atomic E-state index is 0.254. The Morgan fingerprint density at radius 2 is 1.06 bits per heavy atom. The number of hydrogen-bond acceptors (Lipinski definition) is 4. The molecule has 0 aliphatic carbocycles. The average Bonchev–Trinajstić information content (AvgIpc) is 2.31. The molecular formula is C12H30N2O2. The van der Waals surface area contributed by atoms with Crippen molar-refractivity contribution in [2.45, 2.75) is 39.5 Å². The highest BCUT2D eigenvalue weighted by Crippen LogP contribution is 1.81. The summed E-state index contributed by atoms with van der Waals surface area (Å²) < 4.78 is 0. The zero-order valence-electron chi connectivity index (χ0n) is 11.0. The van der Waals surface area contributed by atoms with Gasteiger partial charge in [0.2, 0.25) is 0 Å². The molecule has 0 saturated carbocycles. The Morgan fingerprint density at radius 1 is 0.688 bits per heavy atom. The number of aliphatic hydroxyl groups excluding tert-OH is 2. The lowest BCUT2D eigenvalue weighted by molar-refractivity contribution is 0.292. The van der Waals surface area contributed by atoms with Crippen LogP contribution in [-0.2, 0) is 0 Å². The van der Waals surface area contributed by atoms with E-state index in [4.69, 9.17) is 10.2 Å². The monoisotopic (exact) mass is 234 g/mol. The quantitative estimate of drug-likeness (QED) is 0.421. The molecule has 0 spiro atoms. The van der Waals surface area contributed by atoms with Crippen LogP contribution in [0.3, 0.4) is 0 Å². The second kappa shape index (κ2) is 20.3. The van der Waals surface area contributed by atoms with Gasteiger partial charge in [-0.25, -0.2) is 0 Å². The van der Waals surface area contributed by atoms with Crippen LogP contribution in [0.25, 0.3) is 0 Å². The summed E-state index contributed by atoms with van der Waals surface area (Å²) in [5, 5.41) is 22.8. The molecule has 0 heterocycles. The molecule has 16 heavy (non-hydrogen) atoms. The van der Waals surface area contributed by atoms with Gasteiger partial charge in [-0.2, -0.15) is 0 Å². The normalized spacial score (nSPS) is 9.75. The third-order valence-corrected chi connectivity index (χ3v) is 1.99. The van der Waals surface area contributed by atoms with Crippen LogP contribution < -0.4 is 10.6 Å². The second-order valence-corrected chi connectivity index (χ2v) is 3.65. The first-order valence-corrected chi connectivity index (χ1v) is 6.46. The van der Waals surface area contributed by atoms with E-state index in [1.54, 1.807) is 0 Å². The van der Waals surface area contributed by atoms with Gasteiger partial charge in [0.15, 0.2) is 0 Å². The fraction of sp³-hybridized carbons (Fsp3) is 1.00. The summed E-state index contributed by atoms with van der Waals surface area (Å²) in [5.41, 5.74) is 0. The number of unbranched alkanes of at least 4 members (excludes halogenated alkanes) is 2. The van der Waals surface area contributed by atoms with Gasteiger partial charge in [-0.1, -0.05) is 26.7 Å². The average molecular weight is 234 g/mol. The van der Waals surface area contributed by atoms with Crippen LogP contribution in [0.5, 0.6) is 0 Å². The van der Waals surface area contributed by atoms with Crippen molar-refractivity contribution >= 4 is 0 Å². The lowest BCUT2D eigenvalue weighted by Crippen LogP contribution is -2.18. The van der Waals surface area contributed by atoms with Gasteiger partial charge in [-0.3, -0.25) is 0 Å². The van der Waals surface area contributed by atoms with E-state index in [2.05, 4.69) is 24.5 Å². The van der Waals surface area contributed by atoms with Crippen LogP contribution in [0.4, 0.5) is 0 Å². The summed E-state index contributed by atoms with van der Waals surface area (Å²) in [4.78, 5) is 0. The van der Waals surface area contributed by atoms with Crippen LogP contribution in [0.15, 0.2) is 0 Å². The summed E-state index contributed by atoms with van der Waals surface area (Å²) in [6.07, 6.45) is 4.86. The van der Waals surface area contributed by atoms with E-state index in [1.165, 1.54) is 25.7 Å². The molecule has 0 aliphatic rings. The molecule has 4 heteroatoms. The Balaban J connectivity index is 0. The molecule has 0 rings (SSSR count). The molecule has 0 aromatic rings. The highest BCUT2D eigenvalue weighted by atomic mass is 16.3. The number of aliphatic hydroxyl groups is 2. The molecule has 0 saturated heterocycles. The third kappa shape index (κ3) is 23.6. The Hall–Kier alpha value is -0.160. The van der Waals surface area contributed by atoms with Gasteiger partial charge in [-0.05, 0) is 25.9 Å². The van der Waals surface area contributed by atoms with E-state index < -0.39 is 0 Å². The van der Waals surface area contributed by atoms with Crippen LogP contribution in [0.2, 0.25) is 0 Å². The van der Waals surface area contributed by atoms with Gasteiger partial charge in [0, 0.05) is 13.1 Å². The summed E-state index contributed by atoms with van der Waals surface area (Å²) in [7, 11) is 0. The Bertz CT molecular complexity index is 79.0. The first-order valence-electron chi connectivity index (χ1n) is 6.46. The minimum Gasteiger partial charge on any atom is -0.395 e. The Labute approximate surface area is 100 Å². The van der Waals surface area contributed by atoms with Crippen LogP contribution >= 0.6 is 0 Å². The number of rotatable bonds is 10. The molecule has 4 N–H and O–H groups in total. The van der Waals surface area contributed by atoms with E-state index in [0.717, 1.165) is 26.2 Å². The molecule has 0 atom stereocenters. The molecule has 0 aromatic heterocycles. The second-order valence-electron chi connectivity index (χ2n) is 3.65. The van der Waals surface area contributed by atoms with Crippen molar-refractivity contribution in [2.24, 2.45) is 0 Å². The summed E-state index contributed by atoms with van der Waals surface area (Å²) >= 11 is 0. The predicted octanol–water partition coefficient (Wildman–Crippen LogP) is 0.737. The third-order valence-electron chi connectivity index (χ3n) is 1.99. The van der Waals surface area contributed by atoms with Gasteiger partial charge in [0.1, 0.15) is 0 Å². The Kier molecular flexibility index (Phi) is 23.1. The van der Waals surface area contributed by atoms with E-state index in [0.29, 0.717) is 0 Å².